The normalized spacial score (nSPS) is 10.3. The lowest BCUT2D eigenvalue weighted by atomic mass is 10.3. The number of hydrogen-bond acceptors (Lipinski definition) is 5. The number of nitrogens with zero attached hydrogens (tertiary/aromatic N) is 2. The van der Waals surface area contributed by atoms with E-state index in [2.05, 4.69) is 20.6 Å². The molecule has 1 amide bonds. The molecule has 0 radical (unpaired) electrons. The molecular weight excluding hydrogens is 316 g/mol. The Balaban J connectivity index is 1.68. The van der Waals surface area contributed by atoms with Gasteiger partial charge in [-0.1, -0.05) is 17.7 Å². The second kappa shape index (κ2) is 6.93. The molecule has 0 aliphatic heterocycles. The number of halogens is 1. The summed E-state index contributed by atoms with van der Waals surface area (Å²) in [7, 11) is 0. The zero-order chi connectivity index (χ0) is 16.1. The van der Waals surface area contributed by atoms with E-state index in [0.717, 1.165) is 5.69 Å². The van der Waals surface area contributed by atoms with Gasteiger partial charge in [0.15, 0.2) is 0 Å². The molecule has 0 saturated carbocycles. The van der Waals surface area contributed by atoms with Crippen molar-refractivity contribution in [3.05, 3.63) is 71.4 Å². The van der Waals surface area contributed by atoms with Gasteiger partial charge in [-0.15, -0.1) is 0 Å². The minimum atomic E-state index is -0.307. The van der Waals surface area contributed by atoms with Crippen molar-refractivity contribution in [1.29, 1.82) is 0 Å². The minimum absolute atomic E-state index is 0.260. The lowest BCUT2D eigenvalue weighted by Crippen LogP contribution is -2.23. The van der Waals surface area contributed by atoms with Crippen LogP contribution in [0.4, 0.5) is 11.6 Å². The smallest absolute Gasteiger partial charge is 0.270 e. The Bertz CT molecular complexity index is 805. The van der Waals surface area contributed by atoms with Gasteiger partial charge in [0.25, 0.3) is 5.91 Å². The average molecular weight is 329 g/mol. The fourth-order valence-corrected chi connectivity index (χ4v) is 2.10. The van der Waals surface area contributed by atoms with Crippen LogP contribution in [0, 0.1) is 0 Å². The van der Waals surface area contributed by atoms with Gasteiger partial charge in [0.2, 0.25) is 5.95 Å². The molecule has 2 heterocycles. The van der Waals surface area contributed by atoms with Gasteiger partial charge in [0.05, 0.1) is 12.8 Å². The standard InChI is InChI=1S/C16H13ClN4O2/c17-11-3-1-4-12(9-11)20-16-18-7-6-14(21-16)15(22)19-10-13-5-2-8-23-13/h1-9H,10H2,(H,19,22)(H,18,20,21). The molecule has 23 heavy (non-hydrogen) atoms. The van der Waals surface area contributed by atoms with E-state index in [1.54, 1.807) is 36.6 Å². The maximum atomic E-state index is 12.1. The van der Waals surface area contributed by atoms with E-state index in [1.165, 1.54) is 6.20 Å². The predicted octanol–water partition coefficient (Wildman–Crippen LogP) is 3.40. The number of furan rings is 1. The molecule has 0 aliphatic rings. The Morgan fingerprint density at radius 3 is 2.91 bits per heavy atom. The number of carbonyl (C=O) groups is 1. The summed E-state index contributed by atoms with van der Waals surface area (Å²) in [6, 6.07) is 12.2. The van der Waals surface area contributed by atoms with Crippen LogP contribution in [0.1, 0.15) is 16.2 Å². The summed E-state index contributed by atoms with van der Waals surface area (Å²) >= 11 is 5.93. The van der Waals surface area contributed by atoms with Crippen molar-refractivity contribution in [3.63, 3.8) is 0 Å². The molecule has 1 aromatic carbocycles. The monoisotopic (exact) mass is 328 g/mol. The maximum Gasteiger partial charge on any atom is 0.270 e. The molecule has 0 fully saturated rings. The third kappa shape index (κ3) is 4.08. The Labute approximate surface area is 137 Å². The van der Waals surface area contributed by atoms with Gasteiger partial charge in [0.1, 0.15) is 11.5 Å². The highest BCUT2D eigenvalue weighted by Gasteiger charge is 2.09. The van der Waals surface area contributed by atoms with Gasteiger partial charge in [-0.2, -0.15) is 0 Å². The highest BCUT2D eigenvalue weighted by molar-refractivity contribution is 6.30. The maximum absolute atomic E-state index is 12.1. The first-order chi connectivity index (χ1) is 11.2. The van der Waals surface area contributed by atoms with Crippen molar-refractivity contribution in [2.75, 3.05) is 5.32 Å². The zero-order valence-corrected chi connectivity index (χ0v) is 12.7. The molecule has 2 N–H and O–H groups in total. The van der Waals surface area contributed by atoms with Crippen LogP contribution in [-0.4, -0.2) is 15.9 Å². The van der Waals surface area contributed by atoms with Crippen molar-refractivity contribution in [1.82, 2.24) is 15.3 Å². The quantitative estimate of drug-likeness (QED) is 0.750. The topological polar surface area (TPSA) is 80.0 Å². The van der Waals surface area contributed by atoms with Crippen molar-refractivity contribution < 1.29 is 9.21 Å². The molecule has 7 heteroatoms. The molecular formula is C16H13ClN4O2. The number of carbonyl (C=O) groups excluding carboxylic acids is 1. The van der Waals surface area contributed by atoms with E-state index >= 15 is 0 Å². The summed E-state index contributed by atoms with van der Waals surface area (Å²) in [5, 5.41) is 6.33. The van der Waals surface area contributed by atoms with Crippen molar-refractivity contribution in [2.24, 2.45) is 0 Å². The third-order valence-electron chi connectivity index (χ3n) is 2.97. The Morgan fingerprint density at radius 2 is 2.13 bits per heavy atom. The van der Waals surface area contributed by atoms with Crippen LogP contribution < -0.4 is 10.6 Å². The van der Waals surface area contributed by atoms with Crippen LogP contribution in [0.3, 0.4) is 0 Å². The molecule has 0 aliphatic carbocycles. The fraction of sp³-hybridized carbons (Fsp3) is 0.0625. The molecule has 0 saturated heterocycles. The molecule has 2 aromatic heterocycles. The molecule has 3 rings (SSSR count). The number of benzene rings is 1. The Kier molecular flexibility index (Phi) is 4.54. The predicted molar refractivity (Wildman–Crippen MR) is 86.6 cm³/mol. The molecule has 0 spiro atoms. The lowest BCUT2D eigenvalue weighted by molar-refractivity contribution is 0.0943. The van der Waals surface area contributed by atoms with Gasteiger partial charge in [-0.05, 0) is 36.4 Å². The SMILES string of the molecule is O=C(NCc1ccco1)c1ccnc(Nc2cccc(Cl)c2)n1. The van der Waals surface area contributed by atoms with E-state index in [4.69, 9.17) is 16.0 Å². The van der Waals surface area contributed by atoms with Crippen LogP contribution in [0.25, 0.3) is 0 Å². The summed E-state index contributed by atoms with van der Waals surface area (Å²) in [6.07, 6.45) is 3.07. The molecule has 116 valence electrons. The lowest BCUT2D eigenvalue weighted by Gasteiger charge is -2.07. The van der Waals surface area contributed by atoms with Crippen LogP contribution in [0.5, 0.6) is 0 Å². The van der Waals surface area contributed by atoms with Gasteiger partial charge >= 0.3 is 0 Å². The Morgan fingerprint density at radius 1 is 1.22 bits per heavy atom. The largest absolute Gasteiger partial charge is 0.467 e. The first kappa shape index (κ1) is 15.1. The number of aromatic nitrogens is 2. The minimum Gasteiger partial charge on any atom is -0.467 e. The van der Waals surface area contributed by atoms with E-state index in [-0.39, 0.29) is 11.6 Å². The van der Waals surface area contributed by atoms with Crippen LogP contribution >= 0.6 is 11.6 Å². The molecule has 0 bridgehead atoms. The molecule has 0 unspecified atom stereocenters. The van der Waals surface area contributed by atoms with Gasteiger partial charge < -0.3 is 15.1 Å². The fourth-order valence-electron chi connectivity index (χ4n) is 1.91. The zero-order valence-electron chi connectivity index (χ0n) is 12.0. The van der Waals surface area contributed by atoms with Crippen LogP contribution in [0.15, 0.2) is 59.3 Å². The average Bonchev–Trinajstić information content (AvgIpc) is 3.06. The highest BCUT2D eigenvalue weighted by Crippen LogP contribution is 2.17. The van der Waals surface area contributed by atoms with Crippen molar-refractivity contribution >= 4 is 29.1 Å². The van der Waals surface area contributed by atoms with Crippen molar-refractivity contribution in [2.45, 2.75) is 6.54 Å². The first-order valence-electron chi connectivity index (χ1n) is 6.87. The van der Waals surface area contributed by atoms with Crippen LogP contribution in [0.2, 0.25) is 5.02 Å². The first-order valence-corrected chi connectivity index (χ1v) is 7.25. The molecule has 6 nitrogen and oxygen atoms in total. The summed E-state index contributed by atoms with van der Waals surface area (Å²) in [5.41, 5.74) is 1.00. The van der Waals surface area contributed by atoms with Gasteiger partial charge in [0, 0.05) is 16.9 Å². The van der Waals surface area contributed by atoms with E-state index in [0.29, 0.717) is 23.3 Å². The summed E-state index contributed by atoms with van der Waals surface area (Å²) in [4.78, 5) is 20.4. The van der Waals surface area contributed by atoms with E-state index in [9.17, 15) is 4.79 Å². The summed E-state index contributed by atoms with van der Waals surface area (Å²) < 4.78 is 5.16. The van der Waals surface area contributed by atoms with Crippen molar-refractivity contribution in [3.8, 4) is 0 Å². The van der Waals surface area contributed by atoms with E-state index in [1.807, 2.05) is 12.1 Å². The van der Waals surface area contributed by atoms with Crippen LogP contribution in [-0.2, 0) is 6.54 Å². The highest BCUT2D eigenvalue weighted by atomic mass is 35.5. The van der Waals surface area contributed by atoms with Gasteiger partial charge in [-0.25, -0.2) is 9.97 Å². The second-order valence-electron chi connectivity index (χ2n) is 4.66. The number of anilines is 2. The van der Waals surface area contributed by atoms with E-state index < -0.39 is 0 Å². The molecule has 0 atom stereocenters. The number of nitrogens with one attached hydrogen (secondary N) is 2. The summed E-state index contributed by atoms with van der Waals surface area (Å²) in [5.74, 6) is 0.681. The number of amides is 1. The third-order valence-corrected chi connectivity index (χ3v) is 3.21. The molecule has 3 aromatic rings. The Hall–Kier alpha value is -2.86. The number of rotatable bonds is 5. The van der Waals surface area contributed by atoms with Gasteiger partial charge in [-0.3, -0.25) is 4.79 Å². The summed E-state index contributed by atoms with van der Waals surface area (Å²) in [6.45, 7) is 0.299. The second-order valence-corrected chi connectivity index (χ2v) is 5.10. The number of hydrogen-bond donors (Lipinski definition) is 2.